The topological polar surface area (TPSA) is 71.3 Å². The average Bonchev–Trinajstić information content (AvgIpc) is 2.66. The molecule has 0 fully saturated rings. The number of hydrogen-bond acceptors (Lipinski definition) is 4. The third-order valence-corrected chi connectivity index (χ3v) is 4.18. The fraction of sp³-hybridized carbons (Fsp3) is 0.364. The van der Waals surface area contributed by atoms with Gasteiger partial charge in [-0.1, -0.05) is 41.9 Å². The Kier molecular flexibility index (Phi) is 7.86. The van der Waals surface area contributed by atoms with Gasteiger partial charge in [0.1, 0.15) is 29.3 Å². The number of carbonyl (C=O) groups is 1. The summed E-state index contributed by atoms with van der Waals surface area (Å²) in [6, 6.07) is 13.8. The number of benzene rings is 2. The highest BCUT2D eigenvalue weighted by molar-refractivity contribution is 6.30. The van der Waals surface area contributed by atoms with Gasteiger partial charge in [-0.25, -0.2) is 9.18 Å². The molecule has 0 aromatic heterocycles. The first kappa shape index (κ1) is 22.5. The van der Waals surface area contributed by atoms with Crippen LogP contribution >= 0.6 is 11.6 Å². The molecule has 0 radical (unpaired) electrons. The summed E-state index contributed by atoms with van der Waals surface area (Å²) in [5.41, 5.74) is 0.406. The minimum Gasteiger partial charge on any atom is -0.484 e. The molecule has 0 unspecified atom stereocenters. The van der Waals surface area contributed by atoms with Crippen LogP contribution < -0.4 is 10.1 Å². The molecule has 0 aliphatic heterocycles. The van der Waals surface area contributed by atoms with Gasteiger partial charge in [-0.15, -0.1) is 0 Å². The van der Waals surface area contributed by atoms with E-state index in [1.54, 1.807) is 20.8 Å². The highest BCUT2D eigenvalue weighted by Gasteiger charge is 2.19. The molecule has 0 saturated heterocycles. The number of nitrogens with zero attached hydrogens (tertiary/aromatic N) is 1. The molecule has 0 bridgehead atoms. The van der Waals surface area contributed by atoms with Crippen molar-refractivity contribution in [3.8, 4) is 11.8 Å². The predicted octanol–water partition coefficient (Wildman–Crippen LogP) is 5.78. The summed E-state index contributed by atoms with van der Waals surface area (Å²) in [7, 11) is 0. The molecule has 0 spiro atoms. The fourth-order valence-corrected chi connectivity index (χ4v) is 2.77. The zero-order chi connectivity index (χ0) is 21.4. The van der Waals surface area contributed by atoms with E-state index in [4.69, 9.17) is 21.1 Å². The molecular weight excluding hydrogens is 395 g/mol. The number of rotatable bonds is 7. The Bertz CT molecular complexity index is 876. The van der Waals surface area contributed by atoms with Crippen molar-refractivity contribution in [2.45, 2.75) is 45.3 Å². The summed E-state index contributed by atoms with van der Waals surface area (Å²) >= 11 is 5.86. The molecule has 0 aliphatic rings. The molecule has 0 heterocycles. The lowest BCUT2D eigenvalue weighted by Gasteiger charge is -2.22. The van der Waals surface area contributed by atoms with E-state index in [0.717, 1.165) is 11.6 Å². The van der Waals surface area contributed by atoms with Crippen LogP contribution in [0.15, 0.2) is 42.5 Å². The van der Waals surface area contributed by atoms with E-state index in [-0.39, 0.29) is 16.3 Å². The second-order valence-electron chi connectivity index (χ2n) is 7.46. The number of nitriles is 1. The lowest BCUT2D eigenvalue weighted by Crippen LogP contribution is -2.33. The normalized spacial score (nSPS) is 12.0. The van der Waals surface area contributed by atoms with Crippen LogP contribution in [0.5, 0.6) is 5.75 Å². The van der Waals surface area contributed by atoms with Gasteiger partial charge in [0.15, 0.2) is 0 Å². The number of nitrogens with one attached hydrogen (secondary N) is 1. The molecule has 1 amide bonds. The van der Waals surface area contributed by atoms with Crippen molar-refractivity contribution in [1.29, 1.82) is 5.26 Å². The van der Waals surface area contributed by atoms with E-state index in [1.165, 1.54) is 6.07 Å². The first-order valence-electron chi connectivity index (χ1n) is 9.27. The second-order valence-corrected chi connectivity index (χ2v) is 7.87. The van der Waals surface area contributed by atoms with Crippen LogP contribution in [0.3, 0.4) is 0 Å². The fourth-order valence-electron chi connectivity index (χ4n) is 2.62. The minimum atomic E-state index is -0.673. The van der Waals surface area contributed by atoms with Gasteiger partial charge in [-0.3, -0.25) is 0 Å². The van der Waals surface area contributed by atoms with Gasteiger partial charge in [0.25, 0.3) is 0 Å². The van der Waals surface area contributed by atoms with Gasteiger partial charge >= 0.3 is 6.09 Å². The lowest BCUT2D eigenvalue weighted by molar-refractivity contribution is 0.0524. The summed E-state index contributed by atoms with van der Waals surface area (Å²) in [4.78, 5) is 11.8. The maximum absolute atomic E-state index is 13.7. The number of amides is 1. The number of ether oxygens (including phenoxy) is 2. The number of alkyl carbamates (subject to hydrolysis) is 1. The van der Waals surface area contributed by atoms with Gasteiger partial charge in [-0.05, 0) is 45.2 Å². The van der Waals surface area contributed by atoms with E-state index >= 15 is 0 Å². The SMILES string of the molecule is CC(C)(C)OC(=O)NCCC[C@@H](Oc1cc(Cl)c(F)cc1C#N)c1ccccc1. The van der Waals surface area contributed by atoms with Gasteiger partial charge in [-0.2, -0.15) is 5.26 Å². The maximum atomic E-state index is 13.7. The highest BCUT2D eigenvalue weighted by Crippen LogP contribution is 2.31. The zero-order valence-electron chi connectivity index (χ0n) is 16.7. The highest BCUT2D eigenvalue weighted by atomic mass is 35.5. The Morgan fingerprint density at radius 1 is 1.28 bits per heavy atom. The number of halogens is 2. The molecule has 0 aliphatic carbocycles. The Morgan fingerprint density at radius 2 is 1.97 bits per heavy atom. The molecule has 5 nitrogen and oxygen atoms in total. The summed E-state index contributed by atoms with van der Waals surface area (Å²) in [6.07, 6.45) is 0.284. The monoisotopic (exact) mass is 418 g/mol. The number of carbonyl (C=O) groups excluding carboxylic acids is 1. The quantitative estimate of drug-likeness (QED) is 0.579. The third kappa shape index (κ3) is 7.28. The third-order valence-electron chi connectivity index (χ3n) is 3.89. The van der Waals surface area contributed by atoms with E-state index < -0.39 is 23.6 Å². The van der Waals surface area contributed by atoms with Crippen molar-refractivity contribution in [3.63, 3.8) is 0 Å². The molecule has 2 aromatic rings. The molecule has 154 valence electrons. The van der Waals surface area contributed by atoms with Crippen molar-refractivity contribution in [2.75, 3.05) is 6.54 Å². The number of hydrogen-bond donors (Lipinski definition) is 1. The first-order chi connectivity index (χ1) is 13.7. The van der Waals surface area contributed by atoms with E-state index in [1.807, 2.05) is 36.4 Å². The smallest absolute Gasteiger partial charge is 0.407 e. The van der Waals surface area contributed by atoms with E-state index in [9.17, 15) is 14.4 Å². The molecule has 2 aromatic carbocycles. The maximum Gasteiger partial charge on any atom is 0.407 e. The van der Waals surface area contributed by atoms with Crippen LogP contribution in [0.2, 0.25) is 5.02 Å². The summed E-state index contributed by atoms with van der Waals surface area (Å²) < 4.78 is 24.9. The lowest BCUT2D eigenvalue weighted by atomic mass is 10.0. The average molecular weight is 419 g/mol. The Hall–Kier alpha value is -2.78. The standard InChI is InChI=1S/C22H24ClFN2O3/c1-22(2,3)29-21(27)26-11-7-10-19(15-8-5-4-6-9-15)28-20-13-17(23)18(24)12-16(20)14-25/h4-6,8-9,12-13,19H,7,10-11H2,1-3H3,(H,26,27)/t19-/m1/s1. The van der Waals surface area contributed by atoms with Gasteiger partial charge in [0.05, 0.1) is 10.6 Å². The Balaban J connectivity index is 2.07. The molecule has 0 saturated carbocycles. The largest absolute Gasteiger partial charge is 0.484 e. The Morgan fingerprint density at radius 3 is 2.59 bits per heavy atom. The molecule has 29 heavy (non-hydrogen) atoms. The van der Waals surface area contributed by atoms with Crippen LogP contribution in [0, 0.1) is 17.1 Å². The van der Waals surface area contributed by atoms with Crippen LogP contribution in [0.4, 0.5) is 9.18 Å². The van der Waals surface area contributed by atoms with Crippen molar-refractivity contribution in [1.82, 2.24) is 5.32 Å². The molecule has 1 atom stereocenters. The van der Waals surface area contributed by atoms with Crippen molar-refractivity contribution >= 4 is 17.7 Å². The van der Waals surface area contributed by atoms with Gasteiger partial charge in [0.2, 0.25) is 0 Å². The second kappa shape index (κ2) is 10.1. The molecular formula is C22H24ClFN2O3. The Labute approximate surface area is 175 Å². The summed E-state index contributed by atoms with van der Waals surface area (Å²) in [5, 5.41) is 11.9. The first-order valence-corrected chi connectivity index (χ1v) is 9.65. The van der Waals surface area contributed by atoms with Gasteiger partial charge < -0.3 is 14.8 Å². The van der Waals surface area contributed by atoms with E-state index in [2.05, 4.69) is 5.32 Å². The molecule has 7 heteroatoms. The van der Waals surface area contributed by atoms with Crippen LogP contribution in [-0.4, -0.2) is 18.2 Å². The van der Waals surface area contributed by atoms with Crippen LogP contribution in [-0.2, 0) is 4.74 Å². The van der Waals surface area contributed by atoms with Crippen molar-refractivity contribution < 1.29 is 18.7 Å². The predicted molar refractivity (Wildman–Crippen MR) is 109 cm³/mol. The summed E-state index contributed by atoms with van der Waals surface area (Å²) in [6.45, 7) is 5.79. The van der Waals surface area contributed by atoms with Crippen molar-refractivity contribution in [3.05, 3.63) is 64.4 Å². The van der Waals surface area contributed by atoms with Gasteiger partial charge in [0, 0.05) is 12.6 Å². The molecule has 2 rings (SSSR count). The van der Waals surface area contributed by atoms with Crippen LogP contribution in [0.1, 0.15) is 50.8 Å². The zero-order valence-corrected chi connectivity index (χ0v) is 17.4. The van der Waals surface area contributed by atoms with Crippen molar-refractivity contribution in [2.24, 2.45) is 0 Å². The van der Waals surface area contributed by atoms with E-state index in [0.29, 0.717) is 19.4 Å². The minimum absolute atomic E-state index is 0.0692. The summed E-state index contributed by atoms with van der Waals surface area (Å²) in [5.74, 6) is -0.457. The van der Waals surface area contributed by atoms with Crippen LogP contribution in [0.25, 0.3) is 0 Å². The molecule has 1 N–H and O–H groups in total.